The Morgan fingerprint density at radius 1 is 1.00 bits per heavy atom. The van der Waals surface area contributed by atoms with Gasteiger partial charge in [-0.05, 0) is 60.2 Å². The molecule has 0 spiro atoms. The molecule has 0 saturated heterocycles. The van der Waals surface area contributed by atoms with Crippen molar-refractivity contribution >= 4 is 46.7 Å². The predicted molar refractivity (Wildman–Crippen MR) is 128 cm³/mol. The number of benzene rings is 2. The number of allylic oxidation sites excluding steroid dienone is 1. The molecule has 4 aromatic rings. The van der Waals surface area contributed by atoms with E-state index in [-0.39, 0.29) is 17.3 Å². The Balaban J connectivity index is 1.49. The average Bonchev–Trinajstić information content (AvgIpc) is 3.33. The molecule has 0 atom stereocenters. The van der Waals surface area contributed by atoms with E-state index in [1.807, 2.05) is 12.1 Å². The van der Waals surface area contributed by atoms with Crippen molar-refractivity contribution in [2.75, 3.05) is 5.32 Å². The number of rotatable bonds is 7. The predicted octanol–water partition coefficient (Wildman–Crippen LogP) is 5.18. The van der Waals surface area contributed by atoms with Crippen LogP contribution in [0.5, 0.6) is 0 Å². The van der Waals surface area contributed by atoms with Crippen LogP contribution in [0.15, 0.2) is 79.3 Å². The topological polar surface area (TPSA) is 89.8 Å². The van der Waals surface area contributed by atoms with Gasteiger partial charge in [-0.2, -0.15) is 0 Å². The Bertz CT molecular complexity index is 1300. The number of carbonyl (C=O) groups is 2. The van der Waals surface area contributed by atoms with Gasteiger partial charge in [-0.1, -0.05) is 40.5 Å². The van der Waals surface area contributed by atoms with Crippen LogP contribution in [0, 0.1) is 0 Å². The van der Waals surface area contributed by atoms with Gasteiger partial charge in [-0.15, -0.1) is 5.10 Å². The minimum absolute atomic E-state index is 0.267. The van der Waals surface area contributed by atoms with Crippen molar-refractivity contribution in [2.24, 2.45) is 0 Å². The Kier molecular flexibility index (Phi) is 6.92. The second-order valence-corrected chi connectivity index (χ2v) is 7.91. The minimum Gasteiger partial charge on any atom is -0.321 e. The highest BCUT2D eigenvalue weighted by atomic mass is 35.5. The highest BCUT2D eigenvalue weighted by Crippen LogP contribution is 2.23. The minimum atomic E-state index is -0.345. The highest BCUT2D eigenvalue weighted by molar-refractivity contribution is 6.31. The van der Waals surface area contributed by atoms with Gasteiger partial charge in [-0.25, -0.2) is 4.68 Å². The zero-order chi connectivity index (χ0) is 23.2. The van der Waals surface area contributed by atoms with Crippen LogP contribution >= 0.6 is 23.2 Å². The van der Waals surface area contributed by atoms with E-state index in [9.17, 15) is 9.59 Å². The third-order valence-electron chi connectivity index (χ3n) is 4.68. The van der Waals surface area contributed by atoms with Crippen molar-refractivity contribution in [2.45, 2.75) is 6.54 Å². The van der Waals surface area contributed by atoms with Crippen LogP contribution in [0.25, 0.3) is 6.08 Å². The second kappa shape index (κ2) is 10.2. The van der Waals surface area contributed by atoms with Crippen LogP contribution < -0.4 is 5.32 Å². The largest absolute Gasteiger partial charge is 0.321 e. The number of hydrogen-bond acceptors (Lipinski definition) is 5. The number of pyridine rings is 1. The number of anilines is 1. The van der Waals surface area contributed by atoms with E-state index < -0.39 is 0 Å². The summed E-state index contributed by atoms with van der Waals surface area (Å²) in [4.78, 5) is 29.7. The third kappa shape index (κ3) is 5.91. The van der Waals surface area contributed by atoms with Gasteiger partial charge in [0.1, 0.15) is 0 Å². The van der Waals surface area contributed by atoms with E-state index in [0.717, 1.165) is 5.56 Å². The molecular formula is C24H17Cl2N5O2. The molecule has 1 N–H and O–H groups in total. The van der Waals surface area contributed by atoms with Crippen molar-refractivity contribution in [3.63, 3.8) is 0 Å². The van der Waals surface area contributed by atoms with E-state index >= 15 is 0 Å². The maximum atomic E-state index is 12.8. The summed E-state index contributed by atoms with van der Waals surface area (Å²) in [5.41, 5.74) is 2.62. The fourth-order valence-corrected chi connectivity index (χ4v) is 3.31. The molecule has 1 amide bonds. The molecule has 0 bridgehead atoms. The number of nitrogens with one attached hydrogen (secondary N) is 1. The molecule has 33 heavy (non-hydrogen) atoms. The summed E-state index contributed by atoms with van der Waals surface area (Å²) in [6.07, 6.45) is 7.80. The Morgan fingerprint density at radius 2 is 1.79 bits per heavy atom. The highest BCUT2D eigenvalue weighted by Gasteiger charge is 2.14. The summed E-state index contributed by atoms with van der Waals surface area (Å²) in [5, 5.41) is 11.4. The van der Waals surface area contributed by atoms with Crippen LogP contribution in [0.3, 0.4) is 0 Å². The van der Waals surface area contributed by atoms with Crippen LogP contribution in [-0.4, -0.2) is 31.7 Å². The van der Waals surface area contributed by atoms with Crippen molar-refractivity contribution in [3.05, 3.63) is 112 Å². The lowest BCUT2D eigenvalue weighted by atomic mass is 10.1. The lowest BCUT2D eigenvalue weighted by molar-refractivity contribution is 0.102. The van der Waals surface area contributed by atoms with Gasteiger partial charge in [0.05, 0.1) is 29.1 Å². The Morgan fingerprint density at radius 3 is 2.48 bits per heavy atom. The first-order valence-electron chi connectivity index (χ1n) is 9.86. The molecule has 4 rings (SSSR count). The van der Waals surface area contributed by atoms with Crippen molar-refractivity contribution in [3.8, 4) is 0 Å². The molecular weight excluding hydrogens is 461 g/mol. The fourth-order valence-electron chi connectivity index (χ4n) is 3.03. The van der Waals surface area contributed by atoms with Gasteiger partial charge in [-0.3, -0.25) is 14.6 Å². The smallest absolute Gasteiger partial charge is 0.255 e. The summed E-state index contributed by atoms with van der Waals surface area (Å²) in [6.45, 7) is 0.548. The number of amides is 1. The molecule has 0 unspecified atom stereocenters. The summed E-state index contributed by atoms with van der Waals surface area (Å²) >= 11 is 11.9. The Labute approximate surface area is 199 Å². The molecule has 2 aromatic carbocycles. The van der Waals surface area contributed by atoms with E-state index in [1.54, 1.807) is 59.5 Å². The first-order valence-corrected chi connectivity index (χ1v) is 10.6. The van der Waals surface area contributed by atoms with E-state index in [2.05, 4.69) is 20.6 Å². The molecule has 0 radical (unpaired) electrons. The number of hydrogen-bond donors (Lipinski definition) is 1. The summed E-state index contributed by atoms with van der Waals surface area (Å²) in [6, 6.07) is 15.2. The zero-order valence-corrected chi connectivity index (χ0v) is 18.7. The SMILES string of the molecule is O=C(Nc1ccc(Cl)cc1C(=O)/C=C\c1ccc(Cl)cn1)c1ccc(Cn2ccnn2)cc1. The standard InChI is InChI=1S/C24H17Cl2N5O2/c25-18-6-9-22(21(13-18)23(32)10-8-20-7-5-19(26)14-27-20)29-24(33)17-3-1-16(2-4-17)15-31-12-11-28-30-31/h1-14H,15H2,(H,29,33)/b10-8-. The number of halogens is 2. The molecule has 2 heterocycles. The molecule has 0 aliphatic heterocycles. The molecule has 7 nitrogen and oxygen atoms in total. The number of aromatic nitrogens is 4. The number of carbonyl (C=O) groups excluding carboxylic acids is 2. The lowest BCUT2D eigenvalue weighted by Gasteiger charge is -2.10. The summed E-state index contributed by atoms with van der Waals surface area (Å²) in [5.74, 6) is -0.672. The first-order chi connectivity index (χ1) is 16.0. The molecule has 0 aliphatic rings. The zero-order valence-electron chi connectivity index (χ0n) is 17.2. The second-order valence-electron chi connectivity index (χ2n) is 7.04. The molecule has 2 aromatic heterocycles. The van der Waals surface area contributed by atoms with Gasteiger partial charge < -0.3 is 5.32 Å². The van der Waals surface area contributed by atoms with Crippen LogP contribution in [0.4, 0.5) is 5.69 Å². The third-order valence-corrected chi connectivity index (χ3v) is 5.14. The summed E-state index contributed by atoms with van der Waals surface area (Å²) < 4.78 is 1.69. The molecule has 0 saturated carbocycles. The van der Waals surface area contributed by atoms with Gasteiger partial charge in [0, 0.05) is 28.5 Å². The van der Waals surface area contributed by atoms with Crippen LogP contribution in [0.2, 0.25) is 10.0 Å². The quantitative estimate of drug-likeness (QED) is 0.292. The lowest BCUT2D eigenvalue weighted by Crippen LogP contribution is -2.14. The number of ketones is 1. The fraction of sp³-hybridized carbons (Fsp3) is 0.0417. The van der Waals surface area contributed by atoms with Crippen LogP contribution in [0.1, 0.15) is 32.0 Å². The first kappa shape index (κ1) is 22.4. The normalized spacial score (nSPS) is 11.0. The maximum Gasteiger partial charge on any atom is 0.255 e. The monoisotopic (exact) mass is 477 g/mol. The van der Waals surface area contributed by atoms with E-state index in [0.29, 0.717) is 33.5 Å². The van der Waals surface area contributed by atoms with E-state index in [4.69, 9.17) is 23.2 Å². The molecule has 164 valence electrons. The van der Waals surface area contributed by atoms with Crippen LogP contribution in [-0.2, 0) is 6.54 Å². The van der Waals surface area contributed by atoms with E-state index in [1.165, 1.54) is 18.3 Å². The van der Waals surface area contributed by atoms with Crippen molar-refractivity contribution in [1.29, 1.82) is 0 Å². The molecule has 9 heteroatoms. The number of nitrogens with zero attached hydrogens (tertiary/aromatic N) is 4. The summed E-state index contributed by atoms with van der Waals surface area (Å²) in [7, 11) is 0. The Hall–Kier alpha value is -3.81. The average molecular weight is 478 g/mol. The van der Waals surface area contributed by atoms with Crippen molar-refractivity contribution < 1.29 is 9.59 Å². The van der Waals surface area contributed by atoms with Gasteiger partial charge >= 0.3 is 0 Å². The van der Waals surface area contributed by atoms with Crippen molar-refractivity contribution in [1.82, 2.24) is 20.0 Å². The molecule has 0 aliphatic carbocycles. The molecule has 0 fully saturated rings. The van der Waals surface area contributed by atoms with Gasteiger partial charge in [0.2, 0.25) is 0 Å². The van der Waals surface area contributed by atoms with Gasteiger partial charge in [0.25, 0.3) is 5.91 Å². The van der Waals surface area contributed by atoms with Gasteiger partial charge in [0.15, 0.2) is 5.78 Å². The maximum absolute atomic E-state index is 12.8.